The zero-order chi connectivity index (χ0) is 21.7. The molecule has 6 nitrogen and oxygen atoms in total. The molecule has 0 atom stereocenters. The molecule has 0 bridgehead atoms. The third kappa shape index (κ3) is 5.28. The molecule has 1 N–H and O–H groups in total. The number of carbonyl (C=O) groups excluding carboxylic acids is 2. The lowest BCUT2D eigenvalue weighted by Crippen LogP contribution is -2.23. The largest absolute Gasteiger partial charge is 0.441 e. The smallest absolute Gasteiger partial charge is 0.253 e. The molecule has 1 aromatic heterocycles. The summed E-state index contributed by atoms with van der Waals surface area (Å²) in [5.41, 5.74) is 1.55. The summed E-state index contributed by atoms with van der Waals surface area (Å²) in [7, 11) is 3.37. The Labute approximate surface area is 172 Å². The first-order valence-corrected chi connectivity index (χ1v) is 9.31. The first kappa shape index (κ1) is 21.2. The van der Waals surface area contributed by atoms with E-state index in [0.717, 1.165) is 17.7 Å². The molecule has 156 valence electrons. The van der Waals surface area contributed by atoms with Crippen LogP contribution in [0.5, 0.6) is 0 Å². The van der Waals surface area contributed by atoms with Crippen molar-refractivity contribution in [2.24, 2.45) is 0 Å². The van der Waals surface area contributed by atoms with E-state index in [4.69, 9.17) is 4.42 Å². The van der Waals surface area contributed by atoms with Gasteiger partial charge in [-0.05, 0) is 29.8 Å². The van der Waals surface area contributed by atoms with E-state index < -0.39 is 11.6 Å². The van der Waals surface area contributed by atoms with E-state index in [0.29, 0.717) is 12.1 Å². The van der Waals surface area contributed by atoms with E-state index in [9.17, 15) is 18.4 Å². The van der Waals surface area contributed by atoms with Crippen LogP contribution in [0.1, 0.15) is 28.2 Å². The van der Waals surface area contributed by atoms with E-state index in [2.05, 4.69) is 10.3 Å². The van der Waals surface area contributed by atoms with Crippen LogP contribution in [0.15, 0.2) is 53.1 Å². The highest BCUT2D eigenvalue weighted by atomic mass is 19.1. The van der Waals surface area contributed by atoms with Crippen LogP contribution in [-0.2, 0) is 17.8 Å². The highest BCUT2D eigenvalue weighted by Gasteiger charge is 2.13. The topological polar surface area (TPSA) is 75.4 Å². The Kier molecular flexibility index (Phi) is 6.56. The van der Waals surface area contributed by atoms with Gasteiger partial charge in [0.2, 0.25) is 5.91 Å². The first-order chi connectivity index (χ1) is 14.3. The number of amides is 2. The molecule has 0 aliphatic heterocycles. The van der Waals surface area contributed by atoms with Crippen molar-refractivity contribution in [1.29, 1.82) is 0 Å². The minimum absolute atomic E-state index is 0.0866. The minimum atomic E-state index is -0.742. The zero-order valence-electron chi connectivity index (χ0n) is 16.6. The molecule has 0 aliphatic rings. The Morgan fingerprint density at radius 1 is 1.10 bits per heavy atom. The maximum atomic E-state index is 13.8. The number of carbonyl (C=O) groups is 2. The quantitative estimate of drug-likeness (QED) is 0.643. The molecule has 0 spiro atoms. The second-order valence-corrected chi connectivity index (χ2v) is 6.92. The van der Waals surface area contributed by atoms with Crippen LogP contribution in [0.3, 0.4) is 0 Å². The number of nitrogens with zero attached hydrogens (tertiary/aromatic N) is 2. The van der Waals surface area contributed by atoms with Crippen LogP contribution in [0, 0.1) is 11.6 Å². The molecule has 0 unspecified atom stereocenters. The maximum absolute atomic E-state index is 13.8. The summed E-state index contributed by atoms with van der Waals surface area (Å²) in [4.78, 5) is 29.5. The molecule has 1 heterocycles. The number of nitrogens with one attached hydrogen (secondary N) is 1. The van der Waals surface area contributed by atoms with E-state index in [-0.39, 0.29) is 41.9 Å². The van der Waals surface area contributed by atoms with Crippen molar-refractivity contribution in [2.45, 2.75) is 19.4 Å². The number of hydrogen-bond donors (Lipinski definition) is 1. The third-order valence-electron chi connectivity index (χ3n) is 4.41. The fourth-order valence-corrected chi connectivity index (χ4v) is 2.77. The molecule has 30 heavy (non-hydrogen) atoms. The number of aryl methyl sites for hydroxylation is 1. The molecule has 0 saturated carbocycles. The lowest BCUT2D eigenvalue weighted by Gasteiger charge is -2.10. The van der Waals surface area contributed by atoms with Crippen molar-refractivity contribution < 1.29 is 22.8 Å². The second kappa shape index (κ2) is 9.30. The highest BCUT2D eigenvalue weighted by molar-refractivity contribution is 5.93. The molecule has 3 aromatic rings. The van der Waals surface area contributed by atoms with Gasteiger partial charge in [0.25, 0.3) is 5.91 Å². The Bertz CT molecular complexity index is 1050. The van der Waals surface area contributed by atoms with Crippen molar-refractivity contribution in [1.82, 2.24) is 15.2 Å². The number of hydrogen-bond acceptors (Lipinski definition) is 4. The SMILES string of the molecule is CN(C)C(=O)c1ccc(CNC(=O)CCc2ncc(-c3ccc(F)cc3F)o2)cc1. The van der Waals surface area contributed by atoms with Gasteiger partial charge in [0, 0.05) is 45.1 Å². The lowest BCUT2D eigenvalue weighted by molar-refractivity contribution is -0.121. The molecule has 0 fully saturated rings. The van der Waals surface area contributed by atoms with Crippen molar-refractivity contribution in [3.63, 3.8) is 0 Å². The summed E-state index contributed by atoms with van der Waals surface area (Å²) in [6.07, 6.45) is 1.73. The van der Waals surface area contributed by atoms with Crippen LogP contribution in [0.2, 0.25) is 0 Å². The van der Waals surface area contributed by atoms with Gasteiger partial charge in [0.1, 0.15) is 11.6 Å². The van der Waals surface area contributed by atoms with Gasteiger partial charge in [0.05, 0.1) is 11.8 Å². The van der Waals surface area contributed by atoms with E-state index in [1.165, 1.54) is 17.2 Å². The van der Waals surface area contributed by atoms with Gasteiger partial charge in [-0.2, -0.15) is 0 Å². The van der Waals surface area contributed by atoms with Crippen molar-refractivity contribution in [3.05, 3.63) is 77.3 Å². The Hall–Kier alpha value is -3.55. The Morgan fingerprint density at radius 2 is 1.83 bits per heavy atom. The normalized spacial score (nSPS) is 10.7. The Balaban J connectivity index is 1.49. The summed E-state index contributed by atoms with van der Waals surface area (Å²) in [5.74, 6) is -1.24. The fraction of sp³-hybridized carbons (Fsp3) is 0.227. The monoisotopic (exact) mass is 413 g/mol. The van der Waals surface area contributed by atoms with E-state index in [1.807, 2.05) is 0 Å². The lowest BCUT2D eigenvalue weighted by atomic mass is 10.1. The number of halogens is 2. The number of aromatic nitrogens is 1. The van der Waals surface area contributed by atoms with Crippen LogP contribution < -0.4 is 5.32 Å². The molecule has 0 radical (unpaired) electrons. The van der Waals surface area contributed by atoms with E-state index in [1.54, 1.807) is 38.4 Å². The zero-order valence-corrected chi connectivity index (χ0v) is 16.6. The number of oxazole rings is 1. The molecule has 2 amide bonds. The standard InChI is InChI=1S/C22H21F2N3O3/c1-27(2)22(29)15-5-3-14(4-6-15)12-25-20(28)9-10-21-26-13-19(30-21)17-8-7-16(23)11-18(17)24/h3-8,11,13H,9-10,12H2,1-2H3,(H,25,28). The van der Waals surface area contributed by atoms with Crippen LogP contribution in [0.25, 0.3) is 11.3 Å². The predicted molar refractivity (Wildman–Crippen MR) is 106 cm³/mol. The first-order valence-electron chi connectivity index (χ1n) is 9.31. The second-order valence-electron chi connectivity index (χ2n) is 6.92. The van der Waals surface area contributed by atoms with E-state index >= 15 is 0 Å². The average Bonchev–Trinajstić information content (AvgIpc) is 3.19. The van der Waals surface area contributed by atoms with Gasteiger partial charge >= 0.3 is 0 Å². The molecular formula is C22H21F2N3O3. The number of benzene rings is 2. The third-order valence-corrected chi connectivity index (χ3v) is 4.41. The van der Waals surface area contributed by atoms with Crippen LogP contribution >= 0.6 is 0 Å². The van der Waals surface area contributed by atoms with Gasteiger partial charge in [-0.1, -0.05) is 12.1 Å². The van der Waals surface area contributed by atoms with Gasteiger partial charge in [-0.3, -0.25) is 9.59 Å². The molecular weight excluding hydrogens is 392 g/mol. The van der Waals surface area contributed by atoms with Crippen molar-refractivity contribution in [3.8, 4) is 11.3 Å². The number of rotatable bonds is 7. The maximum Gasteiger partial charge on any atom is 0.253 e. The predicted octanol–water partition coefficient (Wildman–Crippen LogP) is 3.57. The summed E-state index contributed by atoms with van der Waals surface area (Å²) in [5, 5.41) is 2.79. The fourth-order valence-electron chi connectivity index (χ4n) is 2.77. The van der Waals surface area contributed by atoms with Gasteiger partial charge in [0.15, 0.2) is 11.7 Å². The van der Waals surface area contributed by atoms with Crippen LogP contribution in [0.4, 0.5) is 8.78 Å². The summed E-state index contributed by atoms with van der Waals surface area (Å²) in [6, 6.07) is 10.2. The van der Waals surface area contributed by atoms with Crippen molar-refractivity contribution in [2.75, 3.05) is 14.1 Å². The molecule has 3 rings (SSSR count). The van der Waals surface area contributed by atoms with Crippen LogP contribution in [-0.4, -0.2) is 35.8 Å². The highest BCUT2D eigenvalue weighted by Crippen LogP contribution is 2.24. The van der Waals surface area contributed by atoms with Gasteiger partial charge < -0.3 is 14.6 Å². The average molecular weight is 413 g/mol. The Morgan fingerprint density at radius 3 is 2.50 bits per heavy atom. The molecule has 8 heteroatoms. The molecule has 0 aliphatic carbocycles. The summed E-state index contributed by atoms with van der Waals surface area (Å²) in [6.45, 7) is 0.326. The van der Waals surface area contributed by atoms with Gasteiger partial charge in [-0.25, -0.2) is 13.8 Å². The molecule has 2 aromatic carbocycles. The minimum Gasteiger partial charge on any atom is -0.441 e. The molecule has 0 saturated heterocycles. The van der Waals surface area contributed by atoms with Crippen molar-refractivity contribution >= 4 is 11.8 Å². The summed E-state index contributed by atoms with van der Waals surface area (Å²) < 4.78 is 32.3. The van der Waals surface area contributed by atoms with Gasteiger partial charge in [-0.15, -0.1) is 0 Å². The summed E-state index contributed by atoms with van der Waals surface area (Å²) >= 11 is 0.